The normalized spacial score (nSPS) is 35.5. The summed E-state index contributed by atoms with van der Waals surface area (Å²) in [7, 11) is 3.13. The molecule has 3 aliphatic heterocycles. The number of benzene rings is 2. The van der Waals surface area contributed by atoms with Crippen molar-refractivity contribution in [1.82, 2.24) is 9.80 Å². The zero-order chi connectivity index (χ0) is 20.4. The van der Waals surface area contributed by atoms with Crippen LogP contribution in [-0.2, 0) is 30.1 Å². The van der Waals surface area contributed by atoms with Gasteiger partial charge in [0.25, 0.3) is 11.8 Å². The van der Waals surface area contributed by atoms with Crippen molar-refractivity contribution in [1.29, 1.82) is 0 Å². The number of hydrogen-bond donors (Lipinski definition) is 0. The van der Waals surface area contributed by atoms with Crippen LogP contribution in [0.1, 0.15) is 18.1 Å². The summed E-state index contributed by atoms with van der Waals surface area (Å²) in [5, 5.41) is 0. The van der Waals surface area contributed by atoms with Crippen molar-refractivity contribution >= 4 is 11.8 Å². The van der Waals surface area contributed by atoms with Crippen molar-refractivity contribution in [3.8, 4) is 0 Å². The third-order valence-electron chi connectivity index (χ3n) is 6.88. The van der Waals surface area contributed by atoms with Crippen molar-refractivity contribution in [3.63, 3.8) is 0 Å². The van der Waals surface area contributed by atoms with E-state index in [1.165, 1.54) is 0 Å². The van der Waals surface area contributed by atoms with Gasteiger partial charge in [0, 0.05) is 26.8 Å². The summed E-state index contributed by atoms with van der Waals surface area (Å²) in [6.45, 7) is 2.45. The maximum absolute atomic E-state index is 13.2. The van der Waals surface area contributed by atoms with E-state index in [4.69, 9.17) is 9.47 Å². The maximum Gasteiger partial charge on any atom is 0.255 e. The van der Waals surface area contributed by atoms with Crippen LogP contribution in [0.15, 0.2) is 60.7 Å². The molecule has 0 N–H and O–H groups in total. The molecule has 2 amide bonds. The van der Waals surface area contributed by atoms with Crippen molar-refractivity contribution in [2.45, 2.75) is 36.3 Å². The fourth-order valence-corrected chi connectivity index (χ4v) is 6.01. The Morgan fingerprint density at radius 2 is 1.28 bits per heavy atom. The molecule has 0 aliphatic carbocycles. The number of carbonyl (C=O) groups is 2. The smallest absolute Gasteiger partial charge is 0.255 e. The Morgan fingerprint density at radius 3 is 1.79 bits per heavy atom. The molecule has 29 heavy (non-hydrogen) atoms. The third-order valence-corrected chi connectivity index (χ3v) is 6.88. The van der Waals surface area contributed by atoms with Gasteiger partial charge in [0.2, 0.25) is 0 Å². The maximum atomic E-state index is 13.2. The molecule has 150 valence electrons. The van der Waals surface area contributed by atoms with Crippen molar-refractivity contribution in [2.24, 2.45) is 0 Å². The lowest BCUT2D eigenvalue weighted by atomic mass is 9.51. The van der Waals surface area contributed by atoms with Gasteiger partial charge in [0.05, 0.1) is 0 Å². The Hall–Kier alpha value is -2.70. The Morgan fingerprint density at radius 1 is 0.793 bits per heavy atom. The minimum Gasteiger partial charge on any atom is -0.369 e. The van der Waals surface area contributed by atoms with Crippen molar-refractivity contribution < 1.29 is 19.1 Å². The SMILES string of the molecule is COC1C(=O)N2C(C)CN3C(=O)[C@@H](OC)[C@]3(c3ccccc3)C12c1ccccc1. The highest BCUT2D eigenvalue weighted by Gasteiger charge is 2.84. The van der Waals surface area contributed by atoms with Gasteiger partial charge in [0.15, 0.2) is 12.2 Å². The van der Waals surface area contributed by atoms with E-state index in [1.807, 2.05) is 77.4 Å². The highest BCUT2D eigenvalue weighted by atomic mass is 16.5. The van der Waals surface area contributed by atoms with Crippen LogP contribution in [0.4, 0.5) is 0 Å². The molecule has 2 aromatic carbocycles. The van der Waals surface area contributed by atoms with Gasteiger partial charge in [-0.2, -0.15) is 0 Å². The van der Waals surface area contributed by atoms with E-state index in [0.29, 0.717) is 6.54 Å². The first-order valence-corrected chi connectivity index (χ1v) is 9.88. The van der Waals surface area contributed by atoms with Crippen LogP contribution in [0.2, 0.25) is 0 Å². The van der Waals surface area contributed by atoms with E-state index in [9.17, 15) is 9.59 Å². The molecule has 5 rings (SSSR count). The molecule has 0 spiro atoms. The zero-order valence-electron chi connectivity index (χ0n) is 16.7. The summed E-state index contributed by atoms with van der Waals surface area (Å²) in [6, 6.07) is 19.7. The van der Waals surface area contributed by atoms with Crippen molar-refractivity contribution in [2.75, 3.05) is 20.8 Å². The molecule has 3 saturated heterocycles. The lowest BCUT2D eigenvalue weighted by molar-refractivity contribution is -0.299. The summed E-state index contributed by atoms with van der Waals surface area (Å²) in [6.07, 6.45) is -1.41. The topological polar surface area (TPSA) is 59.1 Å². The quantitative estimate of drug-likeness (QED) is 0.746. The molecule has 3 fully saturated rings. The standard InChI is InChI=1S/C23H24N2O4/c1-15-14-24-20(26)18(28-2)22(24,16-10-6-4-7-11-16)23(17-12-8-5-9-13-17)19(29-3)21(27)25(15)23/h4-13,15,18-19H,14H2,1-3H3/t15?,18-,19?,22-,23?/m1/s1. The van der Waals surface area contributed by atoms with Crippen LogP contribution in [0.25, 0.3) is 0 Å². The number of nitrogens with zero attached hydrogens (tertiary/aromatic N) is 2. The Kier molecular flexibility index (Phi) is 3.89. The number of hydrogen-bond acceptors (Lipinski definition) is 4. The van der Waals surface area contributed by atoms with Gasteiger partial charge in [-0.15, -0.1) is 0 Å². The number of piperazine rings is 1. The number of methoxy groups -OCH3 is 2. The number of rotatable bonds is 4. The summed E-state index contributed by atoms with van der Waals surface area (Å²) >= 11 is 0. The van der Waals surface area contributed by atoms with Gasteiger partial charge < -0.3 is 19.3 Å². The number of β-lactam (4-membered cyclic amide) rings is 2. The van der Waals surface area contributed by atoms with Crippen LogP contribution >= 0.6 is 0 Å². The van der Waals surface area contributed by atoms with Gasteiger partial charge in [-0.25, -0.2) is 0 Å². The van der Waals surface area contributed by atoms with Gasteiger partial charge in [-0.3, -0.25) is 9.59 Å². The van der Waals surface area contributed by atoms with E-state index in [1.54, 1.807) is 14.2 Å². The number of amides is 2. The highest BCUT2D eigenvalue weighted by Crippen LogP contribution is 2.66. The molecule has 0 saturated carbocycles. The van der Waals surface area contributed by atoms with E-state index >= 15 is 0 Å². The summed E-state index contributed by atoms with van der Waals surface area (Å²) < 4.78 is 11.6. The molecule has 0 bridgehead atoms. The van der Waals surface area contributed by atoms with E-state index in [-0.39, 0.29) is 17.9 Å². The van der Waals surface area contributed by atoms with Crippen LogP contribution < -0.4 is 0 Å². The molecule has 5 atom stereocenters. The Labute approximate surface area is 170 Å². The molecular formula is C23H24N2O4. The monoisotopic (exact) mass is 392 g/mol. The highest BCUT2D eigenvalue weighted by molar-refractivity contribution is 5.99. The predicted octanol–water partition coefficient (Wildman–Crippen LogP) is 1.89. The summed E-state index contributed by atoms with van der Waals surface area (Å²) in [5.41, 5.74) is 0.166. The molecule has 3 heterocycles. The molecule has 0 radical (unpaired) electrons. The average molecular weight is 392 g/mol. The first-order valence-electron chi connectivity index (χ1n) is 9.88. The van der Waals surface area contributed by atoms with E-state index in [0.717, 1.165) is 11.1 Å². The number of fused-ring (bicyclic) bond motifs is 3. The van der Waals surface area contributed by atoms with Crippen molar-refractivity contribution in [3.05, 3.63) is 71.8 Å². The van der Waals surface area contributed by atoms with Gasteiger partial charge in [-0.1, -0.05) is 60.7 Å². The zero-order valence-corrected chi connectivity index (χ0v) is 16.7. The molecule has 2 aromatic rings. The fraction of sp³-hybridized carbons (Fsp3) is 0.391. The molecule has 0 aromatic heterocycles. The Bertz CT molecular complexity index is 965. The minimum atomic E-state index is -0.867. The van der Waals surface area contributed by atoms with Crippen LogP contribution in [-0.4, -0.2) is 60.6 Å². The second kappa shape index (κ2) is 6.15. The lowest BCUT2D eigenvalue weighted by Gasteiger charge is -2.77. The minimum absolute atomic E-state index is 0.0481. The second-order valence-corrected chi connectivity index (χ2v) is 8.00. The molecule has 3 unspecified atom stereocenters. The number of ether oxygens (including phenoxy) is 2. The molecular weight excluding hydrogens is 368 g/mol. The average Bonchev–Trinajstić information content (AvgIpc) is 2.75. The third kappa shape index (κ3) is 1.84. The Balaban J connectivity index is 1.88. The summed E-state index contributed by atoms with van der Waals surface area (Å²) in [4.78, 5) is 30.1. The van der Waals surface area contributed by atoms with Gasteiger partial charge in [-0.05, 0) is 18.1 Å². The second-order valence-electron chi connectivity index (χ2n) is 8.00. The predicted molar refractivity (Wildman–Crippen MR) is 106 cm³/mol. The first kappa shape index (κ1) is 18.3. The van der Waals surface area contributed by atoms with Crippen LogP contribution in [0.5, 0.6) is 0 Å². The fourth-order valence-electron chi connectivity index (χ4n) is 6.01. The number of carbonyl (C=O) groups excluding carboxylic acids is 2. The van der Waals surface area contributed by atoms with E-state index in [2.05, 4.69) is 0 Å². The van der Waals surface area contributed by atoms with Gasteiger partial charge >= 0.3 is 0 Å². The lowest BCUT2D eigenvalue weighted by Crippen LogP contribution is -2.95. The van der Waals surface area contributed by atoms with E-state index < -0.39 is 23.3 Å². The van der Waals surface area contributed by atoms with Crippen LogP contribution in [0.3, 0.4) is 0 Å². The largest absolute Gasteiger partial charge is 0.369 e. The van der Waals surface area contributed by atoms with Crippen LogP contribution in [0, 0.1) is 0 Å². The summed E-state index contributed by atoms with van der Waals surface area (Å²) in [5.74, 6) is -0.0969. The van der Waals surface area contributed by atoms with Gasteiger partial charge in [0.1, 0.15) is 11.1 Å². The molecule has 6 nitrogen and oxygen atoms in total. The first-order chi connectivity index (χ1) is 14.1. The molecule has 6 heteroatoms. The molecule has 3 aliphatic rings.